The zero-order valence-electron chi connectivity index (χ0n) is 38.4. The summed E-state index contributed by atoms with van der Waals surface area (Å²) < 4.78 is 37.5. The van der Waals surface area contributed by atoms with Crippen molar-refractivity contribution in [2.45, 2.75) is 136 Å². The molecule has 1 aliphatic heterocycles. The number of nitrogens with one attached hydrogen (secondary N) is 1. The van der Waals surface area contributed by atoms with Crippen molar-refractivity contribution in [3.63, 3.8) is 0 Å². The molecule has 9 rings (SSSR count). The maximum Gasteiger partial charge on any atom is 0.344 e. The number of aliphatic hydroxyl groups is 1. The molecule has 0 spiro atoms. The molecule has 6 aliphatic rings. The number of carbonyl (C=O) groups excluding carboxylic acids is 4. The minimum atomic E-state index is -1.95. The van der Waals surface area contributed by atoms with Crippen LogP contribution < -0.4 is 20.4 Å². The van der Waals surface area contributed by atoms with Crippen molar-refractivity contribution in [3.05, 3.63) is 80.4 Å². The van der Waals surface area contributed by atoms with Gasteiger partial charge in [0.05, 0.1) is 29.7 Å². The third kappa shape index (κ3) is 6.60. The van der Waals surface area contributed by atoms with Crippen LogP contribution in [0.1, 0.15) is 130 Å². The second-order valence-electron chi connectivity index (χ2n) is 20.7. The molecule has 12 nitrogen and oxygen atoms in total. The number of carbonyl (C=O) groups is 4. The van der Waals surface area contributed by atoms with E-state index in [1.54, 1.807) is 50.3 Å². The van der Waals surface area contributed by atoms with Crippen molar-refractivity contribution in [1.29, 1.82) is 0 Å². The lowest BCUT2D eigenvalue weighted by atomic mass is 9.45. The SMILES string of the molecule is COc1c(N2CCNC(C)C2)c(F)c(C)c2c(=O)c(C(=O)OC(C)(C)C(=O)[C@@]3(OC(=O)c4ccccc4)CC[C@H]4[C@@H]5CCC6=CC(=O)CC[C@]6(C)[C@H]5[C@@H](O)C[C@@]43C)c(C)n(C3CC3)c12. The number of aryl methyl sites for hydroxylation is 1. The Morgan fingerprint density at radius 1 is 0.984 bits per heavy atom. The highest BCUT2D eigenvalue weighted by molar-refractivity contribution is 6.04. The summed E-state index contributed by atoms with van der Waals surface area (Å²) >= 11 is 0. The standard InChI is InChI=1S/C51H62FN3O9/c1-27-26-54(23-22-53-27)42-40(52)28(2)37-41(44(42)62-8)55(32-15-16-32)29(3)38(43(37)58)46(60)63-48(4,5)47(61)51(64-45(59)30-12-10-9-11-13-30)21-19-35-34-17-14-31-24-33(56)18-20-49(31,6)39(34)36(57)25-50(35,51)7/h9-13,24,27,32,34-36,39,53,57H,14-23,25-26H2,1-8H3/t27?,34-,35-,36-,39+,49-,50-,51-/m0/s1. The molecule has 3 aromatic rings. The van der Waals surface area contributed by atoms with Crippen LogP contribution in [-0.4, -0.2) is 83.3 Å². The number of rotatable bonds is 9. The van der Waals surface area contributed by atoms with Crippen LogP contribution in [0.4, 0.5) is 10.1 Å². The minimum Gasteiger partial charge on any atom is -0.492 e. The highest BCUT2D eigenvalue weighted by Crippen LogP contribution is 2.69. The molecule has 2 heterocycles. The Kier molecular flexibility index (Phi) is 10.8. The maximum atomic E-state index is 16.8. The van der Waals surface area contributed by atoms with Crippen molar-refractivity contribution < 1.29 is 42.9 Å². The summed E-state index contributed by atoms with van der Waals surface area (Å²) in [4.78, 5) is 74.0. The molecule has 8 atom stereocenters. The molecule has 4 saturated carbocycles. The number of ketones is 2. The van der Waals surface area contributed by atoms with Gasteiger partial charge in [0.15, 0.2) is 28.6 Å². The number of anilines is 1. The zero-order chi connectivity index (χ0) is 45.8. The molecule has 2 N–H and O–H groups in total. The van der Waals surface area contributed by atoms with Crippen LogP contribution in [0.25, 0.3) is 10.9 Å². The van der Waals surface area contributed by atoms with E-state index in [0.29, 0.717) is 62.9 Å². The first-order valence-corrected chi connectivity index (χ1v) is 23.2. The summed E-state index contributed by atoms with van der Waals surface area (Å²) in [6.07, 6.45) is 5.70. The van der Waals surface area contributed by atoms with Gasteiger partial charge in [-0.25, -0.2) is 14.0 Å². The average molecular weight is 880 g/mol. The van der Waals surface area contributed by atoms with Gasteiger partial charge in [-0.1, -0.05) is 37.6 Å². The van der Waals surface area contributed by atoms with Gasteiger partial charge in [0, 0.05) is 54.8 Å². The van der Waals surface area contributed by atoms with Crippen molar-refractivity contribution in [3.8, 4) is 5.75 Å². The number of Topliss-reactive ketones (excluding diaryl/α,β-unsaturated/α-hetero) is 1. The lowest BCUT2D eigenvalue weighted by molar-refractivity contribution is -0.191. The fourth-order valence-electron chi connectivity index (χ4n) is 13.4. The number of methoxy groups -OCH3 is 1. The van der Waals surface area contributed by atoms with Gasteiger partial charge in [-0.3, -0.25) is 14.4 Å². The molecule has 1 aromatic heterocycles. The molecular formula is C51H62FN3O9. The van der Waals surface area contributed by atoms with Crippen LogP contribution in [0.15, 0.2) is 46.8 Å². The number of pyridine rings is 1. The van der Waals surface area contributed by atoms with E-state index in [9.17, 15) is 24.3 Å². The summed E-state index contributed by atoms with van der Waals surface area (Å²) in [5, 5.41) is 15.7. The number of nitrogens with zero attached hydrogens (tertiary/aromatic N) is 2. The minimum absolute atomic E-state index is 0.0153. The molecule has 1 unspecified atom stereocenters. The van der Waals surface area contributed by atoms with Gasteiger partial charge in [-0.2, -0.15) is 0 Å². The van der Waals surface area contributed by atoms with E-state index in [4.69, 9.17) is 14.2 Å². The van der Waals surface area contributed by atoms with Gasteiger partial charge in [0.2, 0.25) is 11.2 Å². The number of halogens is 1. The van der Waals surface area contributed by atoms with Gasteiger partial charge in [-0.05, 0) is 127 Å². The number of benzene rings is 2. The van der Waals surface area contributed by atoms with Gasteiger partial charge < -0.3 is 34.1 Å². The fourth-order valence-corrected chi connectivity index (χ4v) is 13.4. The molecule has 5 fully saturated rings. The number of fused-ring (bicyclic) bond motifs is 6. The molecule has 0 amide bonds. The molecule has 0 radical (unpaired) electrons. The predicted octanol–water partition coefficient (Wildman–Crippen LogP) is 7.50. The third-order valence-corrected chi connectivity index (χ3v) is 16.6. The number of piperazine rings is 1. The number of hydrogen-bond acceptors (Lipinski definition) is 11. The van der Waals surface area contributed by atoms with Crippen molar-refractivity contribution in [2.24, 2.45) is 28.6 Å². The Morgan fingerprint density at radius 3 is 2.38 bits per heavy atom. The third-order valence-electron chi connectivity index (χ3n) is 16.6. The second kappa shape index (κ2) is 15.6. The Labute approximate surface area is 373 Å². The van der Waals surface area contributed by atoms with Crippen molar-refractivity contribution in [2.75, 3.05) is 31.6 Å². The molecule has 2 aromatic carbocycles. The second-order valence-corrected chi connectivity index (χ2v) is 20.7. The normalized spacial score (nSPS) is 31.4. The number of aliphatic hydroxyl groups excluding tert-OH is 1. The summed E-state index contributed by atoms with van der Waals surface area (Å²) in [5.74, 6) is -2.99. The fraction of sp³-hybridized carbons (Fsp3) is 0.588. The number of aromatic nitrogens is 1. The van der Waals surface area contributed by atoms with E-state index in [-0.39, 0.29) is 87.4 Å². The van der Waals surface area contributed by atoms with Crippen LogP contribution in [0.2, 0.25) is 0 Å². The molecule has 13 heteroatoms. The highest BCUT2D eigenvalue weighted by Gasteiger charge is 2.72. The number of ether oxygens (including phenoxy) is 3. The largest absolute Gasteiger partial charge is 0.492 e. The van der Waals surface area contributed by atoms with Crippen LogP contribution in [0.3, 0.4) is 0 Å². The summed E-state index contributed by atoms with van der Waals surface area (Å²) in [7, 11) is 1.47. The highest BCUT2D eigenvalue weighted by atomic mass is 19.1. The molecule has 1 saturated heterocycles. The van der Waals surface area contributed by atoms with E-state index in [1.807, 2.05) is 23.3 Å². The first-order valence-electron chi connectivity index (χ1n) is 23.2. The number of esters is 2. The Morgan fingerprint density at radius 2 is 1.70 bits per heavy atom. The predicted molar refractivity (Wildman–Crippen MR) is 239 cm³/mol. The lowest BCUT2D eigenvalue weighted by Gasteiger charge is -2.61. The van der Waals surface area contributed by atoms with Gasteiger partial charge in [-0.15, -0.1) is 0 Å². The summed E-state index contributed by atoms with van der Waals surface area (Å²) in [6.45, 7) is 14.0. The van der Waals surface area contributed by atoms with Gasteiger partial charge in [0.1, 0.15) is 11.3 Å². The molecule has 5 aliphatic carbocycles. The Bertz CT molecular complexity index is 2560. The molecular weight excluding hydrogens is 818 g/mol. The van der Waals surface area contributed by atoms with Crippen molar-refractivity contribution >= 4 is 40.1 Å². The van der Waals surface area contributed by atoms with Gasteiger partial charge >= 0.3 is 11.9 Å². The van der Waals surface area contributed by atoms with Gasteiger partial charge in [0.25, 0.3) is 0 Å². The Hall–Kier alpha value is -4.88. The quantitative estimate of drug-likeness (QED) is 0.206. The van der Waals surface area contributed by atoms with E-state index < -0.39 is 51.7 Å². The maximum absolute atomic E-state index is 16.8. The van der Waals surface area contributed by atoms with E-state index in [0.717, 1.165) is 18.4 Å². The van der Waals surface area contributed by atoms with Crippen LogP contribution in [-0.2, 0) is 19.1 Å². The van der Waals surface area contributed by atoms with E-state index in [2.05, 4.69) is 12.2 Å². The average Bonchev–Trinajstić information content (AvgIpc) is 4.04. The molecule has 64 heavy (non-hydrogen) atoms. The lowest BCUT2D eigenvalue weighted by Crippen LogP contribution is -2.65. The number of hydrogen-bond donors (Lipinski definition) is 2. The number of allylic oxidation sites excluding steroid dienone is 1. The molecule has 0 bridgehead atoms. The summed E-state index contributed by atoms with van der Waals surface area (Å²) in [5.41, 5.74) is -3.85. The first kappa shape index (κ1) is 44.3. The van der Waals surface area contributed by atoms with Crippen LogP contribution in [0, 0.1) is 48.2 Å². The summed E-state index contributed by atoms with van der Waals surface area (Å²) in [6, 6.07) is 8.44. The first-order chi connectivity index (χ1) is 30.3. The Balaban J connectivity index is 1.12. The smallest absolute Gasteiger partial charge is 0.344 e. The zero-order valence-corrected chi connectivity index (χ0v) is 38.4. The van der Waals surface area contributed by atoms with Crippen molar-refractivity contribution in [1.82, 2.24) is 9.88 Å². The van der Waals surface area contributed by atoms with Crippen LogP contribution >= 0.6 is 0 Å². The van der Waals surface area contributed by atoms with E-state index in [1.165, 1.54) is 21.0 Å². The van der Waals surface area contributed by atoms with Crippen LogP contribution in [0.5, 0.6) is 5.75 Å². The van der Waals surface area contributed by atoms with E-state index >= 15 is 9.18 Å². The monoisotopic (exact) mass is 879 g/mol. The molecule has 342 valence electrons. The topological polar surface area (TPSA) is 153 Å².